The number of halogens is 3. The van der Waals surface area contributed by atoms with Gasteiger partial charge in [0.15, 0.2) is 5.66 Å². The largest absolute Gasteiger partial charge is 0.382 e. The predicted octanol–water partition coefficient (Wildman–Crippen LogP) is 4.54. The van der Waals surface area contributed by atoms with Gasteiger partial charge in [-0.25, -0.2) is 4.99 Å². The second-order valence-corrected chi connectivity index (χ2v) is 7.67. The zero-order valence-corrected chi connectivity index (χ0v) is 15.9. The van der Waals surface area contributed by atoms with E-state index in [4.69, 9.17) is 15.7 Å². The van der Waals surface area contributed by atoms with E-state index >= 15 is 0 Å². The van der Waals surface area contributed by atoms with Gasteiger partial charge in [-0.15, -0.1) is 0 Å². The number of ether oxygens (including phenoxy) is 1. The molecule has 7 heteroatoms. The van der Waals surface area contributed by atoms with Crippen LogP contribution in [0.15, 0.2) is 32.7 Å². The van der Waals surface area contributed by atoms with E-state index < -0.39 is 18.4 Å². The summed E-state index contributed by atoms with van der Waals surface area (Å²) in [6.07, 6.45) is 2.19. The molecule has 4 nitrogen and oxygen atoms in total. The van der Waals surface area contributed by atoms with Gasteiger partial charge in [0.25, 0.3) is 0 Å². The summed E-state index contributed by atoms with van der Waals surface area (Å²) >= 11 is 3.53. The monoisotopic (exact) mass is 413 g/mol. The van der Waals surface area contributed by atoms with E-state index in [9.17, 15) is 8.78 Å². The normalized spacial score (nSPS) is 29.7. The van der Waals surface area contributed by atoms with E-state index in [2.05, 4.69) is 20.7 Å². The molecule has 1 aromatic rings. The molecule has 0 amide bonds. The highest BCUT2D eigenvalue weighted by molar-refractivity contribution is 9.10. The van der Waals surface area contributed by atoms with Crippen molar-refractivity contribution in [2.75, 3.05) is 0 Å². The van der Waals surface area contributed by atoms with Gasteiger partial charge >= 0.3 is 6.61 Å². The van der Waals surface area contributed by atoms with Crippen molar-refractivity contribution in [1.82, 2.24) is 0 Å². The fraction of sp³-hybridized carbons (Fsp3) is 0.556. The second-order valence-electron chi connectivity index (χ2n) is 6.75. The molecular weight excluding hydrogens is 392 g/mol. The number of amidine groups is 1. The summed E-state index contributed by atoms with van der Waals surface area (Å²) in [6, 6.07) is 6.05. The number of benzene rings is 1. The van der Waals surface area contributed by atoms with E-state index in [1.165, 1.54) is 0 Å². The Morgan fingerprint density at radius 2 is 1.88 bits per heavy atom. The summed E-state index contributed by atoms with van der Waals surface area (Å²) < 4.78 is 30.6. The lowest BCUT2D eigenvalue weighted by Gasteiger charge is -2.38. The highest BCUT2D eigenvalue weighted by atomic mass is 79.9. The van der Waals surface area contributed by atoms with Crippen LogP contribution in [0.25, 0.3) is 0 Å². The third kappa shape index (κ3) is 3.62. The summed E-state index contributed by atoms with van der Waals surface area (Å²) in [4.78, 5) is 9.62. The minimum Gasteiger partial charge on any atom is -0.382 e. The molecule has 0 saturated heterocycles. The van der Waals surface area contributed by atoms with E-state index in [1.807, 2.05) is 32.0 Å². The molecule has 1 unspecified atom stereocenters. The first-order chi connectivity index (χ1) is 11.8. The molecule has 0 radical (unpaired) electrons. The van der Waals surface area contributed by atoms with E-state index in [1.54, 1.807) is 0 Å². The van der Waals surface area contributed by atoms with Crippen molar-refractivity contribution in [3.63, 3.8) is 0 Å². The van der Waals surface area contributed by atoms with Crippen molar-refractivity contribution in [2.24, 2.45) is 21.6 Å². The molecule has 0 bridgehead atoms. The van der Waals surface area contributed by atoms with Gasteiger partial charge in [-0.1, -0.05) is 22.0 Å². The Hall–Kier alpha value is -1.34. The number of alkyl halides is 2. The first-order valence-electron chi connectivity index (χ1n) is 8.44. The van der Waals surface area contributed by atoms with Gasteiger partial charge in [-0.2, -0.15) is 8.78 Å². The summed E-state index contributed by atoms with van der Waals surface area (Å²) in [5, 5.41) is 0. The van der Waals surface area contributed by atoms with Crippen LogP contribution in [0, 0.1) is 12.8 Å². The Kier molecular flexibility index (Phi) is 5.25. The van der Waals surface area contributed by atoms with Crippen LogP contribution in [0.5, 0.6) is 0 Å². The van der Waals surface area contributed by atoms with Crippen LogP contribution in [-0.2, 0) is 10.4 Å². The number of hydrogen-bond acceptors (Lipinski definition) is 4. The lowest BCUT2D eigenvalue weighted by molar-refractivity contribution is -0.172. The maximum Gasteiger partial charge on any atom is 0.345 e. The van der Waals surface area contributed by atoms with Gasteiger partial charge in [-0.05, 0) is 57.2 Å². The number of nitrogens with zero attached hydrogens (tertiary/aromatic N) is 2. The molecule has 1 fully saturated rings. The SMILES string of the molecule is CC1=NC(c2cc(Br)ccc2C)(C2CCC(OC(F)F)CC2)N=C1N. The average Bonchev–Trinajstić information content (AvgIpc) is 2.86. The second kappa shape index (κ2) is 7.11. The van der Waals surface area contributed by atoms with Gasteiger partial charge in [0.2, 0.25) is 0 Å². The Labute approximate surface area is 154 Å². The third-order valence-electron chi connectivity index (χ3n) is 5.13. The smallest absolute Gasteiger partial charge is 0.345 e. The van der Waals surface area contributed by atoms with Crippen molar-refractivity contribution in [3.05, 3.63) is 33.8 Å². The average molecular weight is 414 g/mol. The fourth-order valence-electron chi connectivity index (χ4n) is 3.86. The van der Waals surface area contributed by atoms with E-state index in [-0.39, 0.29) is 5.92 Å². The van der Waals surface area contributed by atoms with E-state index in [0.29, 0.717) is 18.7 Å². The van der Waals surface area contributed by atoms with Crippen LogP contribution in [0.4, 0.5) is 8.78 Å². The number of nitrogens with two attached hydrogens (primary N) is 1. The maximum atomic E-state index is 12.5. The number of hydrogen-bond donors (Lipinski definition) is 1. The summed E-state index contributed by atoms with van der Waals surface area (Å²) in [5.74, 6) is 0.555. The van der Waals surface area contributed by atoms with Gasteiger partial charge in [-0.3, -0.25) is 4.99 Å². The van der Waals surface area contributed by atoms with Crippen LogP contribution in [0.3, 0.4) is 0 Å². The van der Waals surface area contributed by atoms with Crippen LogP contribution in [-0.4, -0.2) is 24.3 Å². The zero-order chi connectivity index (χ0) is 18.2. The first-order valence-corrected chi connectivity index (χ1v) is 9.23. The van der Waals surface area contributed by atoms with E-state index in [0.717, 1.165) is 34.2 Å². The molecule has 1 aliphatic carbocycles. The van der Waals surface area contributed by atoms with Crippen molar-refractivity contribution >= 4 is 27.5 Å². The number of aliphatic imine (C=N–C) groups is 2. The summed E-state index contributed by atoms with van der Waals surface area (Å²) in [5.41, 5.74) is 8.12. The van der Waals surface area contributed by atoms with Gasteiger partial charge < -0.3 is 10.5 Å². The topological polar surface area (TPSA) is 60.0 Å². The molecule has 1 atom stereocenters. The molecule has 0 spiro atoms. The minimum atomic E-state index is -2.72. The first kappa shape index (κ1) is 18.5. The highest BCUT2D eigenvalue weighted by Gasteiger charge is 2.46. The Morgan fingerprint density at radius 1 is 1.20 bits per heavy atom. The van der Waals surface area contributed by atoms with Gasteiger partial charge in [0.1, 0.15) is 5.84 Å². The maximum absolute atomic E-state index is 12.5. The van der Waals surface area contributed by atoms with Gasteiger partial charge in [0.05, 0.1) is 11.8 Å². The minimum absolute atomic E-state index is 0.106. The third-order valence-corrected chi connectivity index (χ3v) is 5.63. The van der Waals surface area contributed by atoms with Crippen molar-refractivity contribution < 1.29 is 13.5 Å². The molecule has 136 valence electrons. The van der Waals surface area contributed by atoms with Crippen LogP contribution >= 0.6 is 15.9 Å². The number of rotatable bonds is 4. The van der Waals surface area contributed by atoms with Crippen LogP contribution < -0.4 is 5.73 Å². The highest BCUT2D eigenvalue weighted by Crippen LogP contribution is 2.47. The molecule has 1 saturated carbocycles. The van der Waals surface area contributed by atoms with Crippen molar-refractivity contribution in [2.45, 2.75) is 57.9 Å². The molecular formula is C18H22BrF2N3O. The molecule has 1 heterocycles. The molecule has 1 aromatic carbocycles. The molecule has 2 N–H and O–H groups in total. The Bertz CT molecular complexity index is 694. The van der Waals surface area contributed by atoms with Gasteiger partial charge in [0, 0.05) is 16.0 Å². The van der Waals surface area contributed by atoms with Crippen molar-refractivity contribution in [1.29, 1.82) is 0 Å². The zero-order valence-electron chi connectivity index (χ0n) is 14.3. The Morgan fingerprint density at radius 3 is 2.44 bits per heavy atom. The van der Waals surface area contributed by atoms with Crippen LogP contribution in [0.2, 0.25) is 0 Å². The molecule has 1 aliphatic heterocycles. The fourth-order valence-corrected chi connectivity index (χ4v) is 4.22. The van der Waals surface area contributed by atoms with Crippen LogP contribution in [0.1, 0.15) is 43.7 Å². The summed E-state index contributed by atoms with van der Waals surface area (Å²) in [7, 11) is 0. The predicted molar refractivity (Wildman–Crippen MR) is 98.1 cm³/mol. The molecule has 3 rings (SSSR count). The number of aryl methyl sites for hydroxylation is 1. The molecule has 25 heavy (non-hydrogen) atoms. The molecule has 2 aliphatic rings. The lowest BCUT2D eigenvalue weighted by atomic mass is 9.75. The quantitative estimate of drug-likeness (QED) is 0.787. The van der Waals surface area contributed by atoms with Crippen molar-refractivity contribution in [3.8, 4) is 0 Å². The lowest BCUT2D eigenvalue weighted by Crippen LogP contribution is -2.36. The Balaban J connectivity index is 1.94. The molecule has 0 aromatic heterocycles. The standard InChI is InChI=1S/C18H22BrF2N3O/c1-10-3-6-13(19)9-15(10)18(23-11(2)16(22)24-18)12-4-7-14(8-5-12)25-17(20)21/h3,6,9,12,14,17H,4-5,7-8H2,1-2H3,(H2,22,24). The summed E-state index contributed by atoms with van der Waals surface area (Å²) in [6.45, 7) is 1.17.